The number of anilines is 2. The lowest BCUT2D eigenvalue weighted by molar-refractivity contribution is 0.102. The highest BCUT2D eigenvalue weighted by molar-refractivity contribution is 6.04. The van der Waals surface area contributed by atoms with Gasteiger partial charge in [-0.05, 0) is 55.3 Å². The second-order valence-electron chi connectivity index (χ2n) is 10.1. The third-order valence-electron chi connectivity index (χ3n) is 7.36. The Morgan fingerprint density at radius 2 is 1.91 bits per heavy atom. The van der Waals surface area contributed by atoms with E-state index in [2.05, 4.69) is 30.9 Å². The quantitative estimate of drug-likeness (QED) is 0.218. The summed E-state index contributed by atoms with van der Waals surface area (Å²) in [5.74, 6) is -0.824. The summed E-state index contributed by atoms with van der Waals surface area (Å²) in [5.41, 5.74) is -0.0731. The summed E-state index contributed by atoms with van der Waals surface area (Å²) in [6.45, 7) is 0.640. The molecule has 5 aromatic rings. The summed E-state index contributed by atoms with van der Waals surface area (Å²) in [4.78, 5) is 30.1. The Bertz CT molecular complexity index is 1840. The third kappa shape index (κ3) is 5.79. The lowest BCUT2D eigenvalue weighted by Crippen LogP contribution is -2.29. The number of hydrogen-bond donors (Lipinski definition) is 3. The number of rotatable bonds is 9. The Kier molecular flexibility index (Phi) is 7.79. The maximum Gasteiger partial charge on any atom is 0.284 e. The van der Waals surface area contributed by atoms with Gasteiger partial charge in [-0.25, -0.2) is 13.8 Å². The Balaban J connectivity index is 1.20. The van der Waals surface area contributed by atoms with Crippen LogP contribution in [-0.4, -0.2) is 50.6 Å². The van der Waals surface area contributed by atoms with Crippen LogP contribution in [0.2, 0.25) is 0 Å². The minimum Gasteiger partial charge on any atom is -0.453 e. The van der Waals surface area contributed by atoms with Crippen molar-refractivity contribution in [2.24, 2.45) is 5.92 Å². The zero-order valence-electron chi connectivity index (χ0n) is 23.0. The fraction of sp³-hybridized carbons (Fsp3) is 0.233. The van der Waals surface area contributed by atoms with Crippen LogP contribution in [0.25, 0.3) is 16.7 Å². The van der Waals surface area contributed by atoms with Crippen molar-refractivity contribution in [3.05, 3.63) is 94.5 Å². The molecule has 1 saturated carbocycles. The van der Waals surface area contributed by atoms with Crippen LogP contribution in [-0.2, 0) is 4.74 Å². The van der Waals surface area contributed by atoms with E-state index in [0.29, 0.717) is 35.1 Å². The number of hydrogen-bond acceptors (Lipinski definition) is 8. The molecular weight excluding hydrogens is 560 g/mol. The van der Waals surface area contributed by atoms with Crippen LogP contribution in [0, 0.1) is 17.6 Å². The minimum absolute atomic E-state index is 0.0849. The molecule has 1 aliphatic carbocycles. The maximum atomic E-state index is 15.2. The molecule has 1 unspecified atom stereocenters. The summed E-state index contributed by atoms with van der Waals surface area (Å²) in [7, 11) is 1.69. The van der Waals surface area contributed by atoms with Gasteiger partial charge in [-0.1, -0.05) is 6.42 Å². The second kappa shape index (κ2) is 12.0. The van der Waals surface area contributed by atoms with E-state index in [9.17, 15) is 14.0 Å². The number of carbonyl (C=O) groups is 1. The molecule has 43 heavy (non-hydrogen) atoms. The van der Waals surface area contributed by atoms with Crippen molar-refractivity contribution in [3.8, 4) is 17.2 Å². The number of pyridine rings is 1. The minimum atomic E-state index is -0.764. The molecule has 13 heteroatoms. The van der Waals surface area contributed by atoms with Gasteiger partial charge in [0.1, 0.15) is 22.5 Å². The number of aromatic nitrogens is 5. The topological polar surface area (TPSA) is 136 Å². The highest BCUT2D eigenvalue weighted by Gasteiger charge is 2.29. The van der Waals surface area contributed by atoms with Crippen LogP contribution in [0.3, 0.4) is 0 Å². The third-order valence-corrected chi connectivity index (χ3v) is 7.36. The van der Waals surface area contributed by atoms with Gasteiger partial charge in [-0.15, -0.1) is 0 Å². The number of aromatic amines is 1. The second-order valence-corrected chi connectivity index (χ2v) is 10.1. The highest BCUT2D eigenvalue weighted by Crippen LogP contribution is 2.36. The van der Waals surface area contributed by atoms with Gasteiger partial charge >= 0.3 is 0 Å². The van der Waals surface area contributed by atoms with E-state index in [1.807, 2.05) is 0 Å². The first-order valence-corrected chi connectivity index (χ1v) is 13.6. The molecule has 3 heterocycles. The average Bonchev–Trinajstić information content (AvgIpc) is 3.63. The van der Waals surface area contributed by atoms with E-state index in [1.54, 1.807) is 13.2 Å². The van der Waals surface area contributed by atoms with Gasteiger partial charge in [0.05, 0.1) is 12.3 Å². The number of benzene rings is 2. The smallest absolute Gasteiger partial charge is 0.284 e. The molecule has 0 spiro atoms. The Morgan fingerprint density at radius 1 is 1.07 bits per heavy atom. The number of ether oxygens (including phenoxy) is 2. The first-order valence-electron chi connectivity index (χ1n) is 13.6. The SMILES string of the molecule is COC[C@@H]1CCCC1Nc1n[nH]c2nccc(Oc3ccc(NC(=O)c4ccnn(-c5ccc(F)cc5)c4=O)cc3F)c12. The molecule has 0 saturated heterocycles. The number of amides is 1. The van der Waals surface area contributed by atoms with Gasteiger partial charge < -0.3 is 20.1 Å². The molecule has 0 bridgehead atoms. The lowest BCUT2D eigenvalue weighted by Gasteiger charge is -2.20. The number of nitrogens with zero attached hydrogens (tertiary/aromatic N) is 4. The molecule has 11 nitrogen and oxygen atoms in total. The molecule has 1 aliphatic rings. The van der Waals surface area contributed by atoms with Crippen molar-refractivity contribution < 1.29 is 23.0 Å². The number of nitrogens with one attached hydrogen (secondary N) is 3. The molecule has 220 valence electrons. The van der Waals surface area contributed by atoms with Gasteiger partial charge in [0.25, 0.3) is 11.5 Å². The van der Waals surface area contributed by atoms with Crippen molar-refractivity contribution >= 4 is 28.4 Å². The summed E-state index contributed by atoms with van der Waals surface area (Å²) in [6, 6.07) is 12.0. The number of fused-ring (bicyclic) bond motifs is 1. The summed E-state index contributed by atoms with van der Waals surface area (Å²) < 4.78 is 40.8. The van der Waals surface area contributed by atoms with Crippen molar-refractivity contribution in [1.29, 1.82) is 0 Å². The van der Waals surface area contributed by atoms with Gasteiger partial charge in [0, 0.05) is 49.3 Å². The number of methoxy groups -OCH3 is 1. The summed E-state index contributed by atoms with van der Waals surface area (Å²) >= 11 is 0. The first-order chi connectivity index (χ1) is 20.9. The number of H-pyrrole nitrogens is 1. The summed E-state index contributed by atoms with van der Waals surface area (Å²) in [5, 5.41) is 17.8. The molecule has 0 aliphatic heterocycles. The van der Waals surface area contributed by atoms with E-state index in [-0.39, 0.29) is 28.7 Å². The largest absolute Gasteiger partial charge is 0.453 e. The zero-order chi connectivity index (χ0) is 29.9. The van der Waals surface area contributed by atoms with E-state index in [1.165, 1.54) is 54.9 Å². The van der Waals surface area contributed by atoms with E-state index in [4.69, 9.17) is 9.47 Å². The molecule has 2 atom stereocenters. The molecule has 0 radical (unpaired) electrons. The van der Waals surface area contributed by atoms with Crippen molar-refractivity contribution in [3.63, 3.8) is 0 Å². The molecule has 1 fully saturated rings. The monoisotopic (exact) mass is 587 g/mol. The van der Waals surface area contributed by atoms with Crippen LogP contribution >= 0.6 is 0 Å². The number of halogens is 2. The molecule has 3 N–H and O–H groups in total. The van der Waals surface area contributed by atoms with E-state index >= 15 is 4.39 Å². The lowest BCUT2D eigenvalue weighted by atomic mass is 10.1. The maximum absolute atomic E-state index is 15.2. The van der Waals surface area contributed by atoms with Crippen LogP contribution in [0.1, 0.15) is 29.6 Å². The molecule has 2 aromatic carbocycles. The zero-order valence-corrected chi connectivity index (χ0v) is 23.0. The van der Waals surface area contributed by atoms with Gasteiger partial charge in [0.15, 0.2) is 23.0 Å². The Morgan fingerprint density at radius 3 is 2.70 bits per heavy atom. The van der Waals surface area contributed by atoms with Crippen molar-refractivity contribution in [2.75, 3.05) is 24.4 Å². The van der Waals surface area contributed by atoms with Crippen molar-refractivity contribution in [2.45, 2.75) is 25.3 Å². The fourth-order valence-electron chi connectivity index (χ4n) is 5.26. The average molecular weight is 588 g/mol. The van der Waals surface area contributed by atoms with E-state index in [0.717, 1.165) is 30.0 Å². The Hall–Kier alpha value is -5.17. The summed E-state index contributed by atoms with van der Waals surface area (Å²) in [6.07, 6.45) is 5.91. The van der Waals surface area contributed by atoms with E-state index < -0.39 is 23.1 Å². The molecule has 1 amide bonds. The molecule has 6 rings (SSSR count). The molecule has 3 aromatic heterocycles. The van der Waals surface area contributed by atoms with Crippen LogP contribution in [0.4, 0.5) is 20.3 Å². The predicted molar refractivity (Wildman–Crippen MR) is 155 cm³/mol. The van der Waals surface area contributed by atoms with Crippen LogP contribution < -0.4 is 20.9 Å². The van der Waals surface area contributed by atoms with Crippen LogP contribution in [0.15, 0.2) is 71.8 Å². The van der Waals surface area contributed by atoms with Gasteiger partial charge in [0.2, 0.25) is 0 Å². The van der Waals surface area contributed by atoms with Crippen LogP contribution in [0.5, 0.6) is 11.5 Å². The predicted octanol–water partition coefficient (Wildman–Crippen LogP) is 5.05. The highest BCUT2D eigenvalue weighted by atomic mass is 19.1. The van der Waals surface area contributed by atoms with Crippen molar-refractivity contribution in [1.82, 2.24) is 25.0 Å². The Labute approximate surface area is 243 Å². The molecular formula is C30H27F2N7O4. The fourth-order valence-corrected chi connectivity index (χ4v) is 5.26. The number of carbonyl (C=O) groups excluding carboxylic acids is 1. The normalized spacial score (nSPS) is 16.3. The van der Waals surface area contributed by atoms with Gasteiger partial charge in [-0.2, -0.15) is 14.9 Å². The standard InChI is InChI=1S/C30H27F2N7O4/c1-42-16-17-3-2-4-23(17)36-28-26-25(12-13-33-27(26)37-38-28)43-24-10-7-19(15-22(24)32)35-29(40)21-11-14-34-39(30(21)41)20-8-5-18(31)6-9-20/h5-15,17,23H,2-4,16H2,1H3,(H,35,40)(H2,33,36,37,38)/t17-,23?/m0/s1. The van der Waals surface area contributed by atoms with Gasteiger partial charge in [-0.3, -0.25) is 14.7 Å². The first kappa shape index (κ1) is 28.0.